The molecule has 1 unspecified atom stereocenters. The molecule has 1 fully saturated rings. The van der Waals surface area contributed by atoms with Crippen molar-refractivity contribution < 1.29 is 17.9 Å². The molecule has 1 heterocycles. The molecule has 1 aliphatic heterocycles. The SMILES string of the molecule is CN=C(NCCc1ccc(OC)cc1)NC1CCN(CC(F)(F)F)C1.I. The molecular weight excluding hydrogens is 460 g/mol. The molecule has 0 radical (unpaired) electrons. The summed E-state index contributed by atoms with van der Waals surface area (Å²) in [6.45, 7) is 0.651. The second-order valence-electron chi connectivity index (χ2n) is 6.08. The lowest BCUT2D eigenvalue weighted by Gasteiger charge is -2.19. The van der Waals surface area contributed by atoms with Crippen LogP contribution in [0.1, 0.15) is 12.0 Å². The molecule has 26 heavy (non-hydrogen) atoms. The van der Waals surface area contributed by atoms with Gasteiger partial charge < -0.3 is 15.4 Å². The fourth-order valence-electron chi connectivity index (χ4n) is 2.85. The van der Waals surface area contributed by atoms with Crippen molar-refractivity contribution in [3.63, 3.8) is 0 Å². The monoisotopic (exact) mass is 486 g/mol. The molecule has 1 atom stereocenters. The number of guanidine groups is 1. The summed E-state index contributed by atoms with van der Waals surface area (Å²) in [5.41, 5.74) is 1.17. The quantitative estimate of drug-likeness (QED) is 0.369. The molecular formula is C17H26F3IN4O. The van der Waals surface area contributed by atoms with Crippen LogP contribution in [-0.4, -0.2) is 63.4 Å². The maximum atomic E-state index is 12.4. The molecule has 0 bridgehead atoms. The fraction of sp³-hybridized carbons (Fsp3) is 0.588. The Hall–Kier alpha value is -1.23. The number of halogens is 4. The molecule has 9 heteroatoms. The molecule has 1 aromatic rings. The molecule has 0 spiro atoms. The van der Waals surface area contributed by atoms with Crippen molar-refractivity contribution in [3.05, 3.63) is 29.8 Å². The van der Waals surface area contributed by atoms with Crippen molar-refractivity contribution in [2.75, 3.05) is 40.3 Å². The third-order valence-electron chi connectivity index (χ3n) is 4.10. The number of nitrogens with zero attached hydrogens (tertiary/aromatic N) is 2. The van der Waals surface area contributed by atoms with Crippen LogP contribution in [0.15, 0.2) is 29.3 Å². The van der Waals surface area contributed by atoms with E-state index in [1.165, 1.54) is 10.5 Å². The first-order valence-electron chi connectivity index (χ1n) is 8.29. The van der Waals surface area contributed by atoms with Gasteiger partial charge in [-0.2, -0.15) is 13.2 Å². The van der Waals surface area contributed by atoms with Gasteiger partial charge in [-0.15, -0.1) is 24.0 Å². The Morgan fingerprint density at radius 2 is 2.00 bits per heavy atom. The summed E-state index contributed by atoms with van der Waals surface area (Å²) >= 11 is 0. The topological polar surface area (TPSA) is 48.9 Å². The van der Waals surface area contributed by atoms with Crippen LogP contribution in [0.5, 0.6) is 5.75 Å². The van der Waals surface area contributed by atoms with Gasteiger partial charge in [-0.1, -0.05) is 12.1 Å². The summed E-state index contributed by atoms with van der Waals surface area (Å²) < 4.78 is 42.4. The fourth-order valence-corrected chi connectivity index (χ4v) is 2.85. The zero-order chi connectivity index (χ0) is 18.3. The Labute approximate surface area is 169 Å². The highest BCUT2D eigenvalue weighted by Crippen LogP contribution is 2.19. The minimum absolute atomic E-state index is 0. The van der Waals surface area contributed by atoms with Crippen LogP contribution in [0, 0.1) is 0 Å². The smallest absolute Gasteiger partial charge is 0.401 e. The van der Waals surface area contributed by atoms with Crippen molar-refractivity contribution in [1.82, 2.24) is 15.5 Å². The van der Waals surface area contributed by atoms with Gasteiger partial charge in [0, 0.05) is 32.7 Å². The number of likely N-dealkylation sites (tertiary alicyclic amines) is 1. The van der Waals surface area contributed by atoms with Crippen LogP contribution in [0.25, 0.3) is 0 Å². The van der Waals surface area contributed by atoms with Crippen molar-refractivity contribution in [3.8, 4) is 5.75 Å². The lowest BCUT2D eigenvalue weighted by atomic mass is 10.1. The summed E-state index contributed by atoms with van der Waals surface area (Å²) in [6.07, 6.45) is -2.65. The Bertz CT molecular complexity index is 566. The number of rotatable bonds is 6. The number of benzene rings is 1. The van der Waals surface area contributed by atoms with Crippen LogP contribution < -0.4 is 15.4 Å². The lowest BCUT2D eigenvalue weighted by molar-refractivity contribution is -0.143. The number of hydrogen-bond donors (Lipinski definition) is 2. The average Bonchev–Trinajstić information content (AvgIpc) is 2.99. The summed E-state index contributed by atoms with van der Waals surface area (Å²) in [4.78, 5) is 5.56. The van der Waals surface area contributed by atoms with E-state index >= 15 is 0 Å². The zero-order valence-corrected chi connectivity index (χ0v) is 17.3. The van der Waals surface area contributed by atoms with Gasteiger partial charge in [-0.05, 0) is 30.5 Å². The van der Waals surface area contributed by atoms with Gasteiger partial charge in [-0.3, -0.25) is 9.89 Å². The highest BCUT2D eigenvalue weighted by atomic mass is 127. The van der Waals surface area contributed by atoms with E-state index in [0.29, 0.717) is 32.0 Å². The molecule has 2 N–H and O–H groups in total. The Morgan fingerprint density at radius 1 is 1.31 bits per heavy atom. The molecule has 1 aromatic carbocycles. The number of nitrogens with one attached hydrogen (secondary N) is 2. The van der Waals surface area contributed by atoms with E-state index in [9.17, 15) is 13.2 Å². The van der Waals surface area contributed by atoms with Crippen LogP contribution in [-0.2, 0) is 6.42 Å². The van der Waals surface area contributed by atoms with Gasteiger partial charge in [-0.25, -0.2) is 0 Å². The molecule has 5 nitrogen and oxygen atoms in total. The van der Waals surface area contributed by atoms with Crippen molar-refractivity contribution >= 4 is 29.9 Å². The Kier molecular flexibility index (Phi) is 9.48. The number of methoxy groups -OCH3 is 1. The maximum absolute atomic E-state index is 12.4. The van der Waals surface area contributed by atoms with Gasteiger partial charge in [0.25, 0.3) is 0 Å². The molecule has 2 rings (SSSR count). The minimum atomic E-state index is -4.15. The molecule has 1 aliphatic rings. The Balaban J connectivity index is 0.00000338. The highest BCUT2D eigenvalue weighted by Gasteiger charge is 2.34. The molecule has 1 saturated heterocycles. The van der Waals surface area contributed by atoms with Gasteiger partial charge in [0.05, 0.1) is 13.7 Å². The predicted octanol–water partition coefficient (Wildman–Crippen LogP) is 2.66. The van der Waals surface area contributed by atoms with E-state index < -0.39 is 12.7 Å². The summed E-state index contributed by atoms with van der Waals surface area (Å²) in [5, 5.41) is 6.40. The second-order valence-corrected chi connectivity index (χ2v) is 6.08. The van der Waals surface area contributed by atoms with Crippen molar-refractivity contribution in [1.29, 1.82) is 0 Å². The van der Waals surface area contributed by atoms with E-state index in [0.717, 1.165) is 12.2 Å². The summed E-state index contributed by atoms with van der Waals surface area (Å²) in [5.74, 6) is 1.44. The number of ether oxygens (including phenoxy) is 1. The normalized spacial score (nSPS) is 18.3. The first kappa shape index (κ1) is 22.8. The molecule has 0 amide bonds. The molecule has 148 valence electrons. The number of aliphatic imine (C=N–C) groups is 1. The molecule has 0 saturated carbocycles. The Morgan fingerprint density at radius 3 is 2.58 bits per heavy atom. The van der Waals surface area contributed by atoms with Crippen molar-refractivity contribution in [2.45, 2.75) is 25.1 Å². The third-order valence-corrected chi connectivity index (χ3v) is 4.10. The van der Waals surface area contributed by atoms with E-state index in [4.69, 9.17) is 4.74 Å². The highest BCUT2D eigenvalue weighted by molar-refractivity contribution is 14.0. The number of alkyl halides is 3. The first-order valence-corrected chi connectivity index (χ1v) is 8.29. The zero-order valence-electron chi connectivity index (χ0n) is 15.0. The number of hydrogen-bond acceptors (Lipinski definition) is 3. The third kappa shape index (κ3) is 7.98. The van der Waals surface area contributed by atoms with E-state index in [1.807, 2.05) is 24.3 Å². The largest absolute Gasteiger partial charge is 0.497 e. The summed E-state index contributed by atoms with van der Waals surface area (Å²) in [7, 11) is 3.29. The van der Waals surface area contributed by atoms with Gasteiger partial charge >= 0.3 is 6.18 Å². The van der Waals surface area contributed by atoms with Crippen LogP contribution in [0.3, 0.4) is 0 Å². The lowest BCUT2D eigenvalue weighted by Crippen LogP contribution is -2.45. The minimum Gasteiger partial charge on any atom is -0.497 e. The van der Waals surface area contributed by atoms with E-state index in [1.54, 1.807) is 14.2 Å². The van der Waals surface area contributed by atoms with Crippen molar-refractivity contribution in [2.24, 2.45) is 4.99 Å². The van der Waals surface area contributed by atoms with Crippen LogP contribution >= 0.6 is 24.0 Å². The second kappa shape index (κ2) is 10.8. The van der Waals surface area contributed by atoms with E-state index in [2.05, 4.69) is 15.6 Å². The predicted molar refractivity (Wildman–Crippen MR) is 108 cm³/mol. The van der Waals surface area contributed by atoms with E-state index in [-0.39, 0.29) is 30.0 Å². The van der Waals surface area contributed by atoms with Gasteiger partial charge in [0.1, 0.15) is 5.75 Å². The molecule has 0 aliphatic carbocycles. The average molecular weight is 486 g/mol. The summed E-state index contributed by atoms with van der Waals surface area (Å²) in [6, 6.07) is 7.81. The maximum Gasteiger partial charge on any atom is 0.401 e. The van der Waals surface area contributed by atoms with Gasteiger partial charge in [0.2, 0.25) is 0 Å². The first-order chi connectivity index (χ1) is 11.9. The van der Waals surface area contributed by atoms with Crippen LogP contribution in [0.2, 0.25) is 0 Å². The van der Waals surface area contributed by atoms with Gasteiger partial charge in [0.15, 0.2) is 5.96 Å². The van der Waals surface area contributed by atoms with Crippen LogP contribution in [0.4, 0.5) is 13.2 Å². The standard InChI is InChI=1S/C17H25F3N4O.HI/c1-21-16(22-9-7-13-3-5-15(25-2)6-4-13)23-14-8-10-24(11-14)12-17(18,19)20;/h3-6,14H,7-12H2,1-2H3,(H2,21,22,23);1H. The molecule has 0 aromatic heterocycles.